The molecule has 82 valence electrons. The Balaban J connectivity index is 2.62. The van der Waals surface area contributed by atoms with Crippen LogP contribution in [0.15, 0.2) is 0 Å². The molecule has 2 nitrogen and oxygen atoms in total. The quantitative estimate of drug-likeness (QED) is 0.666. The normalized spacial score (nSPS) is 32.7. The van der Waals surface area contributed by atoms with Gasteiger partial charge in [0.2, 0.25) is 5.91 Å². The van der Waals surface area contributed by atoms with Crippen LogP contribution in [-0.2, 0) is 4.79 Å². The van der Waals surface area contributed by atoms with Gasteiger partial charge in [-0.2, -0.15) is 0 Å². The summed E-state index contributed by atoms with van der Waals surface area (Å²) in [5.41, 5.74) is 0. The van der Waals surface area contributed by atoms with Crippen molar-refractivity contribution >= 4 is 5.91 Å². The predicted molar refractivity (Wildman–Crippen MR) is 59.0 cm³/mol. The van der Waals surface area contributed by atoms with Crippen molar-refractivity contribution in [3.63, 3.8) is 0 Å². The largest absolute Gasteiger partial charge is 0.337 e. The van der Waals surface area contributed by atoms with Crippen molar-refractivity contribution in [1.29, 1.82) is 0 Å². The van der Waals surface area contributed by atoms with E-state index in [4.69, 9.17) is 0 Å². The standard InChI is InChI=1S/C12H23NO/c1-8(2)6-12(14)13-10(4)7-9(3)11(13)5/h8-11H,6-7H2,1-5H3. The van der Waals surface area contributed by atoms with E-state index in [1.165, 1.54) is 0 Å². The van der Waals surface area contributed by atoms with Crippen LogP contribution >= 0.6 is 0 Å². The zero-order valence-electron chi connectivity index (χ0n) is 10.1. The maximum Gasteiger partial charge on any atom is 0.223 e. The molecule has 3 atom stereocenters. The van der Waals surface area contributed by atoms with Crippen molar-refractivity contribution in [2.45, 2.75) is 59.5 Å². The van der Waals surface area contributed by atoms with Crippen LogP contribution in [-0.4, -0.2) is 22.9 Å². The summed E-state index contributed by atoms with van der Waals surface area (Å²) in [7, 11) is 0. The molecule has 1 heterocycles. The van der Waals surface area contributed by atoms with Gasteiger partial charge >= 0.3 is 0 Å². The van der Waals surface area contributed by atoms with Gasteiger partial charge in [0.15, 0.2) is 0 Å². The molecule has 1 aliphatic rings. The molecule has 0 aromatic rings. The van der Waals surface area contributed by atoms with Gasteiger partial charge in [0.05, 0.1) is 0 Å². The lowest BCUT2D eigenvalue weighted by atomic mass is 10.0. The molecule has 0 aromatic heterocycles. The monoisotopic (exact) mass is 197 g/mol. The highest BCUT2D eigenvalue weighted by molar-refractivity contribution is 5.77. The third-order valence-corrected chi connectivity index (χ3v) is 3.32. The average Bonchev–Trinajstić information content (AvgIpc) is 2.25. The second kappa shape index (κ2) is 4.33. The Kier molecular flexibility index (Phi) is 3.57. The van der Waals surface area contributed by atoms with Crippen LogP contribution in [0.25, 0.3) is 0 Å². The molecular weight excluding hydrogens is 174 g/mol. The van der Waals surface area contributed by atoms with Gasteiger partial charge in [0, 0.05) is 18.5 Å². The van der Waals surface area contributed by atoms with Crippen LogP contribution in [0.3, 0.4) is 0 Å². The van der Waals surface area contributed by atoms with E-state index in [1.807, 2.05) is 0 Å². The van der Waals surface area contributed by atoms with Gasteiger partial charge < -0.3 is 4.90 Å². The number of rotatable bonds is 2. The fraction of sp³-hybridized carbons (Fsp3) is 0.917. The fourth-order valence-electron chi connectivity index (χ4n) is 2.45. The van der Waals surface area contributed by atoms with Crippen molar-refractivity contribution in [3.05, 3.63) is 0 Å². The zero-order valence-corrected chi connectivity index (χ0v) is 10.1. The summed E-state index contributed by atoms with van der Waals surface area (Å²) < 4.78 is 0. The molecule has 2 heteroatoms. The molecular formula is C12H23NO. The molecule has 3 unspecified atom stereocenters. The molecule has 0 aromatic carbocycles. The second-order valence-electron chi connectivity index (χ2n) is 5.20. The highest BCUT2D eigenvalue weighted by Crippen LogP contribution is 2.30. The summed E-state index contributed by atoms with van der Waals surface area (Å²) in [6, 6.07) is 0.863. The molecule has 14 heavy (non-hydrogen) atoms. The summed E-state index contributed by atoms with van der Waals surface area (Å²) >= 11 is 0. The number of likely N-dealkylation sites (tertiary alicyclic amines) is 1. The van der Waals surface area contributed by atoms with E-state index in [-0.39, 0.29) is 0 Å². The number of carbonyl (C=O) groups is 1. The van der Waals surface area contributed by atoms with Gasteiger partial charge in [-0.05, 0) is 32.1 Å². The summed E-state index contributed by atoms with van der Waals surface area (Å²) in [5.74, 6) is 1.46. The SMILES string of the molecule is CC(C)CC(=O)N1C(C)CC(C)C1C. The number of hydrogen-bond donors (Lipinski definition) is 0. The molecule has 0 N–H and O–H groups in total. The Morgan fingerprint density at radius 3 is 2.29 bits per heavy atom. The predicted octanol–water partition coefficient (Wildman–Crippen LogP) is 2.68. The van der Waals surface area contributed by atoms with E-state index in [9.17, 15) is 4.79 Å². The number of nitrogens with zero attached hydrogens (tertiary/aromatic N) is 1. The van der Waals surface area contributed by atoms with Gasteiger partial charge in [-0.3, -0.25) is 4.79 Å². The summed E-state index contributed by atoms with van der Waals surface area (Å²) in [4.78, 5) is 14.0. The minimum absolute atomic E-state index is 0.337. The smallest absolute Gasteiger partial charge is 0.223 e. The molecule has 1 rings (SSSR count). The summed E-state index contributed by atoms with van der Waals surface area (Å²) in [6.07, 6.45) is 1.85. The van der Waals surface area contributed by atoms with E-state index >= 15 is 0 Å². The first-order chi connectivity index (χ1) is 6.43. The molecule has 1 fully saturated rings. The van der Waals surface area contributed by atoms with Gasteiger partial charge in [-0.1, -0.05) is 20.8 Å². The van der Waals surface area contributed by atoms with E-state index in [0.717, 1.165) is 6.42 Å². The lowest BCUT2D eigenvalue weighted by Crippen LogP contribution is -2.39. The van der Waals surface area contributed by atoms with E-state index in [2.05, 4.69) is 39.5 Å². The van der Waals surface area contributed by atoms with Crippen LogP contribution < -0.4 is 0 Å². The Morgan fingerprint density at radius 2 is 1.93 bits per heavy atom. The highest BCUT2D eigenvalue weighted by Gasteiger charge is 2.36. The fourth-order valence-corrected chi connectivity index (χ4v) is 2.45. The summed E-state index contributed by atoms with van der Waals surface area (Å²) in [6.45, 7) is 10.8. The molecule has 1 amide bonds. The van der Waals surface area contributed by atoms with Gasteiger partial charge in [-0.25, -0.2) is 0 Å². The maximum atomic E-state index is 11.9. The molecule has 0 bridgehead atoms. The van der Waals surface area contributed by atoms with E-state index in [0.29, 0.717) is 36.2 Å². The molecule has 0 saturated carbocycles. The Bertz CT molecular complexity index is 212. The number of carbonyl (C=O) groups excluding carboxylic acids is 1. The van der Waals surface area contributed by atoms with Crippen molar-refractivity contribution in [1.82, 2.24) is 4.90 Å². The molecule has 0 spiro atoms. The molecule has 0 aliphatic carbocycles. The van der Waals surface area contributed by atoms with Gasteiger partial charge in [0.25, 0.3) is 0 Å². The van der Waals surface area contributed by atoms with Crippen LogP contribution in [0.1, 0.15) is 47.5 Å². The number of hydrogen-bond acceptors (Lipinski definition) is 1. The average molecular weight is 197 g/mol. The Labute approximate surface area is 87.7 Å². The zero-order chi connectivity index (χ0) is 10.9. The summed E-state index contributed by atoms with van der Waals surface area (Å²) in [5, 5.41) is 0. The Hall–Kier alpha value is -0.530. The third kappa shape index (κ3) is 2.28. The van der Waals surface area contributed by atoms with Gasteiger partial charge in [-0.15, -0.1) is 0 Å². The highest BCUT2D eigenvalue weighted by atomic mass is 16.2. The topological polar surface area (TPSA) is 20.3 Å². The molecule has 1 aliphatic heterocycles. The minimum Gasteiger partial charge on any atom is -0.337 e. The van der Waals surface area contributed by atoms with E-state index < -0.39 is 0 Å². The maximum absolute atomic E-state index is 11.9. The second-order valence-corrected chi connectivity index (χ2v) is 5.20. The van der Waals surface area contributed by atoms with Crippen molar-refractivity contribution in [2.24, 2.45) is 11.8 Å². The first kappa shape index (κ1) is 11.5. The first-order valence-electron chi connectivity index (χ1n) is 5.74. The van der Waals surface area contributed by atoms with E-state index in [1.54, 1.807) is 0 Å². The van der Waals surface area contributed by atoms with Crippen LogP contribution in [0, 0.1) is 11.8 Å². The van der Waals surface area contributed by atoms with Crippen molar-refractivity contribution in [2.75, 3.05) is 0 Å². The third-order valence-electron chi connectivity index (χ3n) is 3.32. The first-order valence-corrected chi connectivity index (χ1v) is 5.74. The Morgan fingerprint density at radius 1 is 1.36 bits per heavy atom. The lowest BCUT2D eigenvalue weighted by Gasteiger charge is -2.28. The van der Waals surface area contributed by atoms with Crippen LogP contribution in [0.2, 0.25) is 0 Å². The molecule has 0 radical (unpaired) electrons. The van der Waals surface area contributed by atoms with Crippen molar-refractivity contribution < 1.29 is 4.79 Å². The molecule has 1 saturated heterocycles. The number of amides is 1. The van der Waals surface area contributed by atoms with Crippen molar-refractivity contribution in [3.8, 4) is 0 Å². The van der Waals surface area contributed by atoms with Gasteiger partial charge in [0.1, 0.15) is 0 Å². The van der Waals surface area contributed by atoms with Crippen LogP contribution in [0.4, 0.5) is 0 Å². The lowest BCUT2D eigenvalue weighted by molar-refractivity contribution is -0.134. The van der Waals surface area contributed by atoms with Crippen LogP contribution in [0.5, 0.6) is 0 Å². The minimum atomic E-state index is 0.337.